The molecule has 1 amide bonds. The summed E-state index contributed by atoms with van der Waals surface area (Å²) in [4.78, 5) is 20.2. The first-order valence-corrected chi connectivity index (χ1v) is 10.5. The largest absolute Gasteiger partial charge is 0.337 e. The van der Waals surface area contributed by atoms with Crippen LogP contribution in [0.25, 0.3) is 22.3 Å². The van der Waals surface area contributed by atoms with Gasteiger partial charge in [-0.1, -0.05) is 29.8 Å². The number of aromatic nitrogens is 5. The van der Waals surface area contributed by atoms with Crippen molar-refractivity contribution < 1.29 is 4.79 Å². The lowest BCUT2D eigenvalue weighted by molar-refractivity contribution is 0.0786. The molecule has 0 radical (unpaired) electrons. The fourth-order valence-electron chi connectivity index (χ4n) is 3.95. The summed E-state index contributed by atoms with van der Waals surface area (Å²) in [5.74, 6) is -0.0530. The maximum absolute atomic E-state index is 13.6. The van der Waals surface area contributed by atoms with Gasteiger partial charge < -0.3 is 4.90 Å². The van der Waals surface area contributed by atoms with E-state index >= 15 is 0 Å². The van der Waals surface area contributed by atoms with Crippen molar-refractivity contribution in [3.8, 4) is 11.3 Å². The van der Waals surface area contributed by atoms with Gasteiger partial charge in [0.1, 0.15) is 0 Å². The second kappa shape index (κ2) is 7.98. The molecule has 0 saturated carbocycles. The van der Waals surface area contributed by atoms with Crippen molar-refractivity contribution in [2.45, 2.75) is 40.8 Å². The lowest BCUT2D eigenvalue weighted by atomic mass is 10.0. The molecular formula is C24H28N6O. The molecule has 7 heteroatoms. The van der Waals surface area contributed by atoms with Crippen LogP contribution in [0.5, 0.6) is 0 Å². The van der Waals surface area contributed by atoms with Crippen LogP contribution in [0.15, 0.2) is 36.5 Å². The highest BCUT2D eigenvalue weighted by atomic mass is 16.2. The van der Waals surface area contributed by atoms with Crippen molar-refractivity contribution in [2.24, 2.45) is 7.05 Å². The number of pyridine rings is 1. The highest BCUT2D eigenvalue weighted by Crippen LogP contribution is 2.28. The third-order valence-corrected chi connectivity index (χ3v) is 5.62. The van der Waals surface area contributed by atoms with Gasteiger partial charge in [0.25, 0.3) is 5.91 Å². The van der Waals surface area contributed by atoms with E-state index < -0.39 is 0 Å². The highest BCUT2D eigenvalue weighted by molar-refractivity contribution is 6.07. The van der Waals surface area contributed by atoms with Crippen molar-refractivity contribution in [2.75, 3.05) is 7.05 Å². The van der Waals surface area contributed by atoms with Crippen LogP contribution in [0.3, 0.4) is 0 Å². The number of benzene rings is 1. The van der Waals surface area contributed by atoms with E-state index in [9.17, 15) is 4.79 Å². The van der Waals surface area contributed by atoms with Gasteiger partial charge in [0, 0.05) is 44.5 Å². The Labute approximate surface area is 182 Å². The summed E-state index contributed by atoms with van der Waals surface area (Å²) >= 11 is 0. The zero-order valence-corrected chi connectivity index (χ0v) is 19.0. The van der Waals surface area contributed by atoms with Crippen LogP contribution in [-0.4, -0.2) is 42.4 Å². The molecule has 3 heterocycles. The smallest absolute Gasteiger partial charge is 0.254 e. The Balaban J connectivity index is 1.82. The molecule has 7 nitrogen and oxygen atoms in total. The molecule has 31 heavy (non-hydrogen) atoms. The number of fused-ring (bicyclic) bond motifs is 1. The third kappa shape index (κ3) is 3.83. The summed E-state index contributed by atoms with van der Waals surface area (Å²) in [7, 11) is 3.72. The maximum Gasteiger partial charge on any atom is 0.254 e. The fourth-order valence-corrected chi connectivity index (χ4v) is 3.95. The van der Waals surface area contributed by atoms with E-state index in [2.05, 4.69) is 29.3 Å². The lowest BCUT2D eigenvalue weighted by Gasteiger charge is -2.18. The van der Waals surface area contributed by atoms with Gasteiger partial charge in [-0.15, -0.1) is 0 Å². The summed E-state index contributed by atoms with van der Waals surface area (Å²) in [5.41, 5.74) is 7.08. The van der Waals surface area contributed by atoms with E-state index in [0.717, 1.165) is 39.2 Å². The van der Waals surface area contributed by atoms with Gasteiger partial charge in [-0.05, 0) is 33.8 Å². The molecule has 0 bridgehead atoms. The van der Waals surface area contributed by atoms with Crippen molar-refractivity contribution in [1.82, 2.24) is 29.4 Å². The molecule has 4 rings (SSSR count). The third-order valence-electron chi connectivity index (χ3n) is 5.62. The summed E-state index contributed by atoms with van der Waals surface area (Å²) in [6, 6.07) is 10.1. The Bertz CT molecular complexity index is 1270. The molecule has 3 aromatic heterocycles. The van der Waals surface area contributed by atoms with Crippen LogP contribution < -0.4 is 0 Å². The fraction of sp³-hybridized carbons (Fsp3) is 0.333. The van der Waals surface area contributed by atoms with E-state index in [1.54, 1.807) is 9.58 Å². The van der Waals surface area contributed by atoms with Gasteiger partial charge in [-0.2, -0.15) is 10.2 Å². The van der Waals surface area contributed by atoms with Gasteiger partial charge in [0.2, 0.25) is 0 Å². The lowest BCUT2D eigenvalue weighted by Crippen LogP contribution is -2.26. The van der Waals surface area contributed by atoms with Crippen molar-refractivity contribution in [3.63, 3.8) is 0 Å². The molecule has 1 aromatic carbocycles. The molecule has 0 fully saturated rings. The van der Waals surface area contributed by atoms with E-state index in [4.69, 9.17) is 4.98 Å². The first-order chi connectivity index (χ1) is 14.8. The number of amides is 1. The molecular weight excluding hydrogens is 388 g/mol. The number of nitrogens with zero attached hydrogens (tertiary/aromatic N) is 6. The predicted octanol–water partition coefficient (Wildman–Crippen LogP) is 4.05. The Morgan fingerprint density at radius 3 is 2.39 bits per heavy atom. The number of aryl methyl sites for hydroxylation is 5. The second-order valence-electron chi connectivity index (χ2n) is 8.10. The summed E-state index contributed by atoms with van der Waals surface area (Å²) in [6.45, 7) is 9.16. The highest BCUT2D eigenvalue weighted by Gasteiger charge is 2.23. The number of carbonyl (C=O) groups is 1. The normalized spacial score (nSPS) is 11.3. The molecule has 0 spiro atoms. The van der Waals surface area contributed by atoms with E-state index in [1.807, 2.05) is 63.9 Å². The van der Waals surface area contributed by atoms with E-state index in [1.165, 1.54) is 5.56 Å². The Hall–Kier alpha value is -3.48. The first-order valence-electron chi connectivity index (χ1n) is 10.5. The predicted molar refractivity (Wildman–Crippen MR) is 122 cm³/mol. The second-order valence-corrected chi connectivity index (χ2v) is 8.10. The number of carbonyl (C=O) groups excluding carboxylic acids is 1. The van der Waals surface area contributed by atoms with Crippen LogP contribution in [0.2, 0.25) is 0 Å². The SMILES string of the molecule is CCn1nc(C)c2c(C(=O)N(C)Cc3cn(C)nc3C)cc(-c3ccc(C)cc3)nc21. The van der Waals surface area contributed by atoms with E-state index in [0.29, 0.717) is 18.7 Å². The zero-order chi connectivity index (χ0) is 22.3. The Kier molecular flexibility index (Phi) is 5.35. The maximum atomic E-state index is 13.6. The summed E-state index contributed by atoms with van der Waals surface area (Å²) in [6.07, 6.45) is 1.96. The quantitative estimate of drug-likeness (QED) is 0.492. The standard InChI is InChI=1S/C24H28N6O/c1-7-30-23-22(17(4)27-30)20(12-21(25-23)18-10-8-15(2)9-11-18)24(31)28(5)13-19-14-29(6)26-16(19)3/h8-12,14H,7,13H2,1-6H3. The van der Waals surface area contributed by atoms with Crippen LogP contribution in [0.1, 0.15) is 39.8 Å². The Morgan fingerprint density at radius 1 is 1.06 bits per heavy atom. The number of hydrogen-bond donors (Lipinski definition) is 0. The van der Waals surface area contributed by atoms with E-state index in [-0.39, 0.29) is 5.91 Å². The van der Waals surface area contributed by atoms with Crippen molar-refractivity contribution >= 4 is 16.9 Å². The molecule has 0 aliphatic rings. The van der Waals surface area contributed by atoms with Gasteiger partial charge in [-0.3, -0.25) is 9.48 Å². The molecule has 4 aromatic rings. The molecule has 0 N–H and O–H groups in total. The van der Waals surface area contributed by atoms with Gasteiger partial charge >= 0.3 is 0 Å². The average molecular weight is 417 g/mol. The van der Waals surface area contributed by atoms with Crippen LogP contribution >= 0.6 is 0 Å². The monoisotopic (exact) mass is 416 g/mol. The van der Waals surface area contributed by atoms with Crippen molar-refractivity contribution in [1.29, 1.82) is 0 Å². The van der Waals surface area contributed by atoms with Crippen LogP contribution in [0, 0.1) is 20.8 Å². The minimum Gasteiger partial charge on any atom is -0.337 e. The van der Waals surface area contributed by atoms with Crippen LogP contribution in [-0.2, 0) is 20.1 Å². The Morgan fingerprint density at radius 2 is 1.77 bits per heavy atom. The number of rotatable bonds is 5. The first kappa shape index (κ1) is 20.8. The minimum absolute atomic E-state index is 0.0530. The molecule has 0 unspecified atom stereocenters. The van der Waals surface area contributed by atoms with Crippen molar-refractivity contribution in [3.05, 3.63) is 64.6 Å². The van der Waals surface area contributed by atoms with Crippen LogP contribution in [0.4, 0.5) is 0 Å². The van der Waals surface area contributed by atoms with Gasteiger partial charge in [-0.25, -0.2) is 9.67 Å². The summed E-state index contributed by atoms with van der Waals surface area (Å²) < 4.78 is 3.64. The average Bonchev–Trinajstić information content (AvgIpc) is 3.24. The topological polar surface area (TPSA) is 68.8 Å². The molecule has 160 valence electrons. The molecule has 0 aliphatic carbocycles. The van der Waals surface area contributed by atoms with Gasteiger partial charge in [0.05, 0.1) is 28.0 Å². The zero-order valence-electron chi connectivity index (χ0n) is 19.0. The summed E-state index contributed by atoms with van der Waals surface area (Å²) in [5, 5.41) is 9.84. The minimum atomic E-state index is -0.0530. The molecule has 0 saturated heterocycles. The molecule has 0 aliphatic heterocycles. The molecule has 0 atom stereocenters. The number of hydrogen-bond acceptors (Lipinski definition) is 4. The van der Waals surface area contributed by atoms with Gasteiger partial charge in [0.15, 0.2) is 5.65 Å².